The van der Waals surface area contributed by atoms with Gasteiger partial charge in [0.05, 0.1) is 6.54 Å². The number of hydrogen-bond donors (Lipinski definition) is 1. The third-order valence-corrected chi connectivity index (χ3v) is 4.03. The van der Waals surface area contributed by atoms with E-state index in [0.717, 1.165) is 0 Å². The molecule has 2 rings (SSSR count). The Kier molecular flexibility index (Phi) is 5.46. The second-order valence-electron chi connectivity index (χ2n) is 5.88. The Labute approximate surface area is 132 Å². The maximum atomic E-state index is 12.3. The fourth-order valence-corrected chi connectivity index (χ4v) is 2.70. The van der Waals surface area contributed by atoms with Gasteiger partial charge in [-0.3, -0.25) is 14.5 Å². The van der Waals surface area contributed by atoms with E-state index in [1.807, 2.05) is 0 Å². The predicted octanol–water partition coefficient (Wildman–Crippen LogP) is 1.39. The number of nitrogens with one attached hydrogen (secondary N) is 1. The van der Waals surface area contributed by atoms with Gasteiger partial charge in [-0.05, 0) is 44.0 Å². The first kappa shape index (κ1) is 17.5. The lowest BCUT2D eigenvalue weighted by molar-refractivity contribution is -0.148. The summed E-state index contributed by atoms with van der Waals surface area (Å²) < 4.78 is 38.3. The minimum atomic E-state index is -4.17. The summed E-state index contributed by atoms with van der Waals surface area (Å²) in [6.07, 6.45) is -1.41. The Balaban J connectivity index is 1.80. The van der Waals surface area contributed by atoms with Crippen LogP contribution >= 0.6 is 0 Å². The second-order valence-corrected chi connectivity index (χ2v) is 5.88. The smallest absolute Gasteiger partial charge is 0.352 e. The lowest BCUT2D eigenvalue weighted by atomic mass is 9.96. The molecule has 5 nitrogen and oxygen atoms in total. The van der Waals surface area contributed by atoms with Gasteiger partial charge >= 0.3 is 6.18 Å². The van der Waals surface area contributed by atoms with Crippen LogP contribution in [0.4, 0.5) is 13.2 Å². The Morgan fingerprint density at radius 1 is 1.35 bits per heavy atom. The van der Waals surface area contributed by atoms with Crippen molar-refractivity contribution in [1.29, 1.82) is 0 Å². The molecule has 1 aliphatic rings. The van der Waals surface area contributed by atoms with Gasteiger partial charge in [-0.25, -0.2) is 0 Å². The van der Waals surface area contributed by atoms with Crippen LogP contribution in [0.25, 0.3) is 0 Å². The minimum absolute atomic E-state index is 0.0736. The van der Waals surface area contributed by atoms with E-state index in [1.165, 1.54) is 15.5 Å². The van der Waals surface area contributed by atoms with Gasteiger partial charge in [-0.15, -0.1) is 0 Å². The van der Waals surface area contributed by atoms with Crippen LogP contribution in [0.5, 0.6) is 0 Å². The van der Waals surface area contributed by atoms with E-state index in [0.29, 0.717) is 32.5 Å². The fourth-order valence-electron chi connectivity index (χ4n) is 2.70. The molecule has 0 aliphatic carbocycles. The number of piperidine rings is 1. The molecule has 1 fully saturated rings. The van der Waals surface area contributed by atoms with Gasteiger partial charge in [0.15, 0.2) is 0 Å². The van der Waals surface area contributed by atoms with Gasteiger partial charge in [-0.1, -0.05) is 0 Å². The minimum Gasteiger partial charge on any atom is -0.352 e. The summed E-state index contributed by atoms with van der Waals surface area (Å²) >= 11 is 0. The molecule has 1 aliphatic heterocycles. The highest BCUT2D eigenvalue weighted by molar-refractivity contribution is 5.93. The first-order chi connectivity index (χ1) is 10.8. The number of rotatable bonds is 4. The number of pyridine rings is 1. The quantitative estimate of drug-likeness (QED) is 0.907. The number of aromatic nitrogens is 1. The number of alkyl halides is 3. The van der Waals surface area contributed by atoms with E-state index in [4.69, 9.17) is 0 Å². The van der Waals surface area contributed by atoms with Crippen molar-refractivity contribution in [3.05, 3.63) is 34.2 Å². The van der Waals surface area contributed by atoms with Crippen LogP contribution in [0.3, 0.4) is 0 Å². The number of carbonyl (C=O) groups is 1. The molecule has 0 aromatic carbocycles. The maximum absolute atomic E-state index is 12.3. The fraction of sp³-hybridized carbons (Fsp3) is 0.600. The van der Waals surface area contributed by atoms with Gasteiger partial charge in [0.2, 0.25) is 0 Å². The number of likely N-dealkylation sites (tertiary alicyclic amines) is 1. The summed E-state index contributed by atoms with van der Waals surface area (Å²) in [7, 11) is 1.56. The standard InChI is InChI=1S/C15H20F3N3O2/c1-20-6-2-3-12(14(20)23)13(22)19-9-11-4-7-21(8-5-11)10-15(16,17)18/h2-3,6,11H,4-5,7-10H2,1H3,(H,19,22). The van der Waals surface area contributed by atoms with Crippen LogP contribution < -0.4 is 10.9 Å². The second kappa shape index (κ2) is 7.16. The molecule has 8 heteroatoms. The van der Waals surface area contributed by atoms with Crippen molar-refractivity contribution < 1.29 is 18.0 Å². The van der Waals surface area contributed by atoms with Gasteiger partial charge < -0.3 is 9.88 Å². The Hall–Kier alpha value is -1.83. The number of carbonyl (C=O) groups excluding carboxylic acids is 1. The molecular formula is C15H20F3N3O2. The van der Waals surface area contributed by atoms with Crippen molar-refractivity contribution in [2.75, 3.05) is 26.2 Å². The van der Waals surface area contributed by atoms with Crippen LogP contribution in [-0.2, 0) is 7.05 Å². The highest BCUT2D eigenvalue weighted by atomic mass is 19.4. The molecular weight excluding hydrogens is 311 g/mol. The lowest BCUT2D eigenvalue weighted by Crippen LogP contribution is -2.43. The monoisotopic (exact) mass is 331 g/mol. The molecule has 23 heavy (non-hydrogen) atoms. The number of hydrogen-bond acceptors (Lipinski definition) is 3. The summed E-state index contributed by atoms with van der Waals surface area (Å²) in [4.78, 5) is 25.2. The number of amides is 1. The van der Waals surface area contributed by atoms with Crippen molar-refractivity contribution in [2.45, 2.75) is 19.0 Å². The van der Waals surface area contributed by atoms with Crippen LogP contribution in [-0.4, -0.2) is 47.7 Å². The number of aryl methyl sites for hydroxylation is 1. The summed E-state index contributed by atoms with van der Waals surface area (Å²) in [5.74, 6) is -0.306. The Bertz CT molecular complexity index is 605. The number of nitrogens with zero attached hydrogens (tertiary/aromatic N) is 2. The van der Waals surface area contributed by atoms with Crippen molar-refractivity contribution >= 4 is 5.91 Å². The highest BCUT2D eigenvalue weighted by Crippen LogP contribution is 2.22. The average molecular weight is 331 g/mol. The topological polar surface area (TPSA) is 54.3 Å². The van der Waals surface area contributed by atoms with Gasteiger partial charge in [0, 0.05) is 19.8 Å². The van der Waals surface area contributed by atoms with Crippen LogP contribution in [0.15, 0.2) is 23.1 Å². The molecule has 0 bridgehead atoms. The molecule has 2 heterocycles. The first-order valence-corrected chi connectivity index (χ1v) is 7.49. The molecule has 0 atom stereocenters. The van der Waals surface area contributed by atoms with Crippen LogP contribution in [0.1, 0.15) is 23.2 Å². The zero-order chi connectivity index (χ0) is 17.0. The van der Waals surface area contributed by atoms with E-state index in [-0.39, 0.29) is 17.0 Å². The molecule has 1 N–H and O–H groups in total. The van der Waals surface area contributed by atoms with E-state index in [2.05, 4.69) is 5.32 Å². The Morgan fingerprint density at radius 3 is 2.61 bits per heavy atom. The molecule has 0 unspecified atom stereocenters. The van der Waals surface area contributed by atoms with E-state index < -0.39 is 18.6 Å². The van der Waals surface area contributed by atoms with E-state index in [9.17, 15) is 22.8 Å². The van der Waals surface area contributed by atoms with Crippen molar-refractivity contribution in [1.82, 2.24) is 14.8 Å². The largest absolute Gasteiger partial charge is 0.401 e. The third-order valence-electron chi connectivity index (χ3n) is 4.03. The third kappa shape index (κ3) is 5.09. The summed E-state index contributed by atoms with van der Waals surface area (Å²) in [6.45, 7) is 0.225. The molecule has 1 saturated heterocycles. The van der Waals surface area contributed by atoms with Gasteiger partial charge in [0.25, 0.3) is 11.5 Å². The first-order valence-electron chi connectivity index (χ1n) is 7.49. The molecule has 1 aromatic rings. The Morgan fingerprint density at radius 2 is 2.00 bits per heavy atom. The van der Waals surface area contributed by atoms with Crippen molar-refractivity contribution in [3.8, 4) is 0 Å². The van der Waals surface area contributed by atoms with E-state index >= 15 is 0 Å². The molecule has 1 aromatic heterocycles. The van der Waals surface area contributed by atoms with Gasteiger partial charge in [-0.2, -0.15) is 13.2 Å². The molecule has 0 radical (unpaired) electrons. The highest BCUT2D eigenvalue weighted by Gasteiger charge is 2.32. The predicted molar refractivity (Wildman–Crippen MR) is 79.2 cm³/mol. The molecule has 128 valence electrons. The summed E-state index contributed by atoms with van der Waals surface area (Å²) in [5, 5.41) is 2.71. The maximum Gasteiger partial charge on any atom is 0.401 e. The average Bonchev–Trinajstić information content (AvgIpc) is 2.47. The molecule has 0 spiro atoms. The zero-order valence-electron chi connectivity index (χ0n) is 12.9. The zero-order valence-corrected chi connectivity index (χ0v) is 12.9. The van der Waals surface area contributed by atoms with Crippen molar-refractivity contribution in [3.63, 3.8) is 0 Å². The van der Waals surface area contributed by atoms with Crippen LogP contribution in [0, 0.1) is 5.92 Å². The SMILES string of the molecule is Cn1cccc(C(=O)NCC2CCN(CC(F)(F)F)CC2)c1=O. The number of halogens is 3. The molecule has 1 amide bonds. The molecule has 0 saturated carbocycles. The van der Waals surface area contributed by atoms with Crippen LogP contribution in [0.2, 0.25) is 0 Å². The summed E-state index contributed by atoms with van der Waals surface area (Å²) in [5.41, 5.74) is -0.297. The van der Waals surface area contributed by atoms with Crippen molar-refractivity contribution in [2.24, 2.45) is 13.0 Å². The van der Waals surface area contributed by atoms with E-state index in [1.54, 1.807) is 19.3 Å². The van der Waals surface area contributed by atoms with Gasteiger partial charge in [0.1, 0.15) is 5.56 Å². The lowest BCUT2D eigenvalue weighted by Gasteiger charge is -2.32. The normalized spacial score (nSPS) is 17.2. The summed E-state index contributed by atoms with van der Waals surface area (Å²) in [6, 6.07) is 3.08.